The maximum Gasteiger partial charge on any atom is 0.148 e. The molecule has 0 bridgehead atoms. The molecule has 0 radical (unpaired) electrons. The number of rotatable bonds is 3. The van der Waals surface area contributed by atoms with Crippen molar-refractivity contribution in [1.29, 1.82) is 0 Å². The van der Waals surface area contributed by atoms with Gasteiger partial charge in [-0.05, 0) is 33.6 Å². The number of nitrogens with zero attached hydrogens (tertiary/aromatic N) is 2. The molecular formula is C10H18N4. The van der Waals surface area contributed by atoms with Crippen molar-refractivity contribution in [2.45, 2.75) is 45.7 Å². The number of anilines is 2. The van der Waals surface area contributed by atoms with Gasteiger partial charge in [-0.2, -0.15) is 5.10 Å². The van der Waals surface area contributed by atoms with Crippen LogP contribution in [0.1, 0.15) is 32.4 Å². The van der Waals surface area contributed by atoms with Gasteiger partial charge >= 0.3 is 0 Å². The predicted molar refractivity (Wildman–Crippen MR) is 58.3 cm³/mol. The standard InChI is InChI=1S/C10H18N4/c1-4-14-9(8(11)7(2)13-14)12-10(3)5-6-10/h12H,4-6,11H2,1-3H3. The Morgan fingerprint density at radius 3 is 2.71 bits per heavy atom. The first-order chi connectivity index (χ1) is 6.56. The highest BCUT2D eigenvalue weighted by Gasteiger charge is 2.38. The van der Waals surface area contributed by atoms with Crippen molar-refractivity contribution in [1.82, 2.24) is 9.78 Å². The number of aryl methyl sites for hydroxylation is 2. The molecule has 0 spiro atoms. The minimum absolute atomic E-state index is 0.257. The molecule has 0 aliphatic heterocycles. The molecule has 0 aromatic carbocycles. The SMILES string of the molecule is CCn1nc(C)c(N)c1NC1(C)CC1. The van der Waals surface area contributed by atoms with Gasteiger partial charge in [0.2, 0.25) is 0 Å². The molecule has 1 aliphatic rings. The Hall–Kier alpha value is -1.19. The van der Waals surface area contributed by atoms with E-state index in [4.69, 9.17) is 5.73 Å². The molecule has 14 heavy (non-hydrogen) atoms. The van der Waals surface area contributed by atoms with Crippen molar-refractivity contribution in [2.75, 3.05) is 11.1 Å². The van der Waals surface area contributed by atoms with E-state index in [-0.39, 0.29) is 5.54 Å². The summed E-state index contributed by atoms with van der Waals surface area (Å²) in [5.74, 6) is 0.991. The number of hydrogen-bond acceptors (Lipinski definition) is 3. The first-order valence-electron chi connectivity index (χ1n) is 5.17. The lowest BCUT2D eigenvalue weighted by molar-refractivity contribution is 0.647. The molecule has 0 amide bonds. The molecular weight excluding hydrogens is 176 g/mol. The van der Waals surface area contributed by atoms with Crippen LogP contribution in [0, 0.1) is 6.92 Å². The highest BCUT2D eigenvalue weighted by molar-refractivity contribution is 5.66. The van der Waals surface area contributed by atoms with Crippen molar-refractivity contribution >= 4 is 11.5 Å². The smallest absolute Gasteiger partial charge is 0.148 e. The Labute approximate surface area is 84.5 Å². The molecule has 4 nitrogen and oxygen atoms in total. The highest BCUT2D eigenvalue weighted by Crippen LogP contribution is 2.39. The van der Waals surface area contributed by atoms with Crippen molar-refractivity contribution < 1.29 is 0 Å². The summed E-state index contributed by atoms with van der Waals surface area (Å²) >= 11 is 0. The van der Waals surface area contributed by atoms with Crippen LogP contribution < -0.4 is 11.1 Å². The summed E-state index contributed by atoms with van der Waals surface area (Å²) in [5.41, 5.74) is 7.93. The van der Waals surface area contributed by atoms with E-state index in [1.807, 2.05) is 11.6 Å². The molecule has 0 unspecified atom stereocenters. The minimum atomic E-state index is 0.257. The van der Waals surface area contributed by atoms with Crippen LogP contribution in [-0.4, -0.2) is 15.3 Å². The van der Waals surface area contributed by atoms with Gasteiger partial charge in [-0.1, -0.05) is 0 Å². The fourth-order valence-corrected chi connectivity index (χ4v) is 1.55. The third-order valence-electron chi connectivity index (χ3n) is 2.89. The van der Waals surface area contributed by atoms with Gasteiger partial charge in [-0.25, -0.2) is 4.68 Å². The zero-order valence-electron chi connectivity index (χ0n) is 9.09. The number of nitrogens with two attached hydrogens (primary N) is 1. The van der Waals surface area contributed by atoms with E-state index < -0.39 is 0 Å². The van der Waals surface area contributed by atoms with E-state index in [2.05, 4.69) is 24.3 Å². The average molecular weight is 194 g/mol. The molecule has 78 valence electrons. The molecule has 0 atom stereocenters. The lowest BCUT2D eigenvalue weighted by Gasteiger charge is -2.14. The summed E-state index contributed by atoms with van der Waals surface area (Å²) < 4.78 is 1.94. The summed E-state index contributed by atoms with van der Waals surface area (Å²) in [6.45, 7) is 7.10. The molecule has 1 fully saturated rings. The third-order valence-corrected chi connectivity index (χ3v) is 2.89. The van der Waals surface area contributed by atoms with Crippen LogP contribution >= 0.6 is 0 Å². The van der Waals surface area contributed by atoms with E-state index in [1.165, 1.54) is 12.8 Å². The second-order valence-electron chi connectivity index (χ2n) is 4.35. The molecule has 1 aliphatic carbocycles. The topological polar surface area (TPSA) is 55.9 Å². The van der Waals surface area contributed by atoms with Crippen LogP contribution in [-0.2, 0) is 6.54 Å². The normalized spacial score (nSPS) is 18.2. The Morgan fingerprint density at radius 1 is 1.57 bits per heavy atom. The van der Waals surface area contributed by atoms with E-state index in [0.717, 1.165) is 23.7 Å². The summed E-state index contributed by atoms with van der Waals surface area (Å²) in [4.78, 5) is 0. The Balaban J connectivity index is 2.30. The maximum absolute atomic E-state index is 5.97. The van der Waals surface area contributed by atoms with Gasteiger partial charge < -0.3 is 11.1 Å². The van der Waals surface area contributed by atoms with Gasteiger partial charge in [0.05, 0.1) is 11.4 Å². The van der Waals surface area contributed by atoms with E-state index in [0.29, 0.717) is 0 Å². The van der Waals surface area contributed by atoms with Crippen LogP contribution in [0.2, 0.25) is 0 Å². The number of nitrogens with one attached hydrogen (secondary N) is 1. The first kappa shape index (κ1) is 9.37. The molecule has 3 N–H and O–H groups in total. The van der Waals surface area contributed by atoms with Gasteiger partial charge in [0.15, 0.2) is 0 Å². The zero-order chi connectivity index (χ0) is 10.3. The Morgan fingerprint density at radius 2 is 2.21 bits per heavy atom. The predicted octanol–water partition coefficient (Wildman–Crippen LogP) is 1.76. The van der Waals surface area contributed by atoms with Crippen LogP contribution in [0.3, 0.4) is 0 Å². The molecule has 1 saturated carbocycles. The molecule has 1 aromatic heterocycles. The second kappa shape index (κ2) is 2.90. The van der Waals surface area contributed by atoms with Crippen LogP contribution in [0.5, 0.6) is 0 Å². The van der Waals surface area contributed by atoms with E-state index in [1.54, 1.807) is 0 Å². The van der Waals surface area contributed by atoms with Gasteiger partial charge in [0.25, 0.3) is 0 Å². The monoisotopic (exact) mass is 194 g/mol. The molecule has 0 saturated heterocycles. The summed E-state index contributed by atoms with van der Waals surface area (Å²) in [6, 6.07) is 0. The van der Waals surface area contributed by atoms with Crippen LogP contribution in [0.4, 0.5) is 11.5 Å². The highest BCUT2D eigenvalue weighted by atomic mass is 15.3. The van der Waals surface area contributed by atoms with Gasteiger partial charge in [0, 0.05) is 12.1 Å². The third kappa shape index (κ3) is 1.45. The van der Waals surface area contributed by atoms with Gasteiger partial charge in [-0.3, -0.25) is 0 Å². The molecule has 1 heterocycles. The summed E-state index contributed by atoms with van der Waals surface area (Å²) in [7, 11) is 0. The number of hydrogen-bond donors (Lipinski definition) is 2. The number of aromatic nitrogens is 2. The number of nitrogen functional groups attached to an aromatic ring is 1. The Bertz CT molecular complexity index is 349. The first-order valence-corrected chi connectivity index (χ1v) is 5.17. The fraction of sp³-hybridized carbons (Fsp3) is 0.700. The van der Waals surface area contributed by atoms with Crippen molar-refractivity contribution in [2.24, 2.45) is 0 Å². The minimum Gasteiger partial charge on any atom is -0.394 e. The Kier molecular flexibility index (Phi) is 1.94. The zero-order valence-corrected chi connectivity index (χ0v) is 9.09. The van der Waals surface area contributed by atoms with E-state index in [9.17, 15) is 0 Å². The molecule has 4 heteroatoms. The second-order valence-corrected chi connectivity index (χ2v) is 4.35. The van der Waals surface area contributed by atoms with Crippen molar-refractivity contribution in [3.05, 3.63) is 5.69 Å². The summed E-state index contributed by atoms with van der Waals surface area (Å²) in [5, 5.41) is 7.85. The molecule has 2 rings (SSSR count). The summed E-state index contributed by atoms with van der Waals surface area (Å²) in [6.07, 6.45) is 2.45. The maximum atomic E-state index is 5.97. The lowest BCUT2D eigenvalue weighted by atomic mass is 10.3. The fourth-order valence-electron chi connectivity index (χ4n) is 1.55. The van der Waals surface area contributed by atoms with Gasteiger partial charge in [0.1, 0.15) is 5.82 Å². The van der Waals surface area contributed by atoms with E-state index >= 15 is 0 Å². The lowest BCUT2D eigenvalue weighted by Crippen LogP contribution is -2.19. The average Bonchev–Trinajstić information content (AvgIpc) is 2.82. The van der Waals surface area contributed by atoms with Gasteiger partial charge in [-0.15, -0.1) is 0 Å². The van der Waals surface area contributed by atoms with Crippen LogP contribution in [0.15, 0.2) is 0 Å². The van der Waals surface area contributed by atoms with Crippen molar-refractivity contribution in [3.8, 4) is 0 Å². The molecule has 1 aromatic rings. The largest absolute Gasteiger partial charge is 0.394 e. The van der Waals surface area contributed by atoms with Crippen molar-refractivity contribution in [3.63, 3.8) is 0 Å². The quantitative estimate of drug-likeness (QED) is 0.771. The van der Waals surface area contributed by atoms with Crippen LogP contribution in [0.25, 0.3) is 0 Å².